The molecule has 1 aliphatic heterocycles. The number of thioether (sulfide) groups is 1. The number of aliphatic hydroxyl groups excluding tert-OH is 1. The first-order valence-electron chi connectivity index (χ1n) is 13.3. The van der Waals surface area contributed by atoms with Gasteiger partial charge in [0.2, 0.25) is 10.9 Å². The Balaban J connectivity index is 1.36. The fraction of sp³-hybridized carbons (Fsp3) is 0.161. The Hall–Kier alpha value is -4.03. The number of hydrogen-bond acceptors (Lipinski definition) is 10. The van der Waals surface area contributed by atoms with Gasteiger partial charge in [-0.25, -0.2) is 0 Å². The SMILES string of the molecule is CCOc1ccc(C2C(C(=O)c3cc4cccc(OC)c4o3)=C(O)C(=O)N2c2nnc(SCc3ccc(Cl)cc3Cl)s2)cc1. The number of aromatic nitrogens is 2. The van der Waals surface area contributed by atoms with Gasteiger partial charge in [-0.2, -0.15) is 0 Å². The van der Waals surface area contributed by atoms with Crippen LogP contribution in [-0.2, 0) is 10.5 Å². The third kappa shape index (κ3) is 5.63. The van der Waals surface area contributed by atoms with E-state index in [1.807, 2.05) is 13.0 Å². The largest absolute Gasteiger partial charge is 0.503 e. The van der Waals surface area contributed by atoms with Gasteiger partial charge in [0, 0.05) is 21.2 Å². The monoisotopic (exact) mass is 667 g/mol. The molecule has 1 N–H and O–H groups in total. The first kappa shape index (κ1) is 30.0. The lowest BCUT2D eigenvalue weighted by Crippen LogP contribution is -2.31. The highest BCUT2D eigenvalue weighted by atomic mass is 35.5. The number of benzene rings is 3. The van der Waals surface area contributed by atoms with Gasteiger partial charge in [0.15, 0.2) is 27.2 Å². The van der Waals surface area contributed by atoms with Crippen molar-refractivity contribution in [3.05, 3.63) is 105 Å². The summed E-state index contributed by atoms with van der Waals surface area (Å²) in [6.07, 6.45) is 0. The number of amides is 1. The van der Waals surface area contributed by atoms with E-state index in [-0.39, 0.29) is 16.5 Å². The zero-order valence-electron chi connectivity index (χ0n) is 23.2. The molecule has 0 saturated heterocycles. The first-order chi connectivity index (χ1) is 21.3. The van der Waals surface area contributed by atoms with Crippen LogP contribution in [0.5, 0.6) is 11.5 Å². The summed E-state index contributed by atoms with van der Waals surface area (Å²) in [5, 5.41) is 21.6. The molecule has 1 aliphatic rings. The van der Waals surface area contributed by atoms with Crippen LogP contribution in [0.1, 0.15) is 34.6 Å². The number of fused-ring (bicyclic) bond motifs is 1. The highest BCUT2D eigenvalue weighted by Gasteiger charge is 2.47. The second-order valence-corrected chi connectivity index (χ2v) is 12.6. The number of anilines is 1. The molecule has 3 aromatic carbocycles. The summed E-state index contributed by atoms with van der Waals surface area (Å²) >= 11 is 14.9. The summed E-state index contributed by atoms with van der Waals surface area (Å²) in [6.45, 7) is 2.34. The molecule has 9 nitrogen and oxygen atoms in total. The van der Waals surface area contributed by atoms with Gasteiger partial charge in [-0.1, -0.05) is 76.6 Å². The first-order valence-corrected chi connectivity index (χ1v) is 15.9. The Morgan fingerprint density at radius 2 is 1.91 bits per heavy atom. The van der Waals surface area contributed by atoms with Crippen LogP contribution in [0, 0.1) is 0 Å². The molecule has 0 spiro atoms. The summed E-state index contributed by atoms with van der Waals surface area (Å²) < 4.78 is 17.4. The van der Waals surface area contributed by atoms with E-state index >= 15 is 0 Å². The number of halogens is 2. The van der Waals surface area contributed by atoms with E-state index in [1.165, 1.54) is 23.8 Å². The Labute approximate surface area is 270 Å². The van der Waals surface area contributed by atoms with Crippen LogP contribution in [0.3, 0.4) is 0 Å². The van der Waals surface area contributed by atoms with Crippen LogP contribution < -0.4 is 14.4 Å². The summed E-state index contributed by atoms with van der Waals surface area (Å²) in [5.41, 5.74) is 1.65. The van der Waals surface area contributed by atoms with Crippen molar-refractivity contribution in [1.82, 2.24) is 10.2 Å². The number of para-hydroxylation sites is 1. The van der Waals surface area contributed by atoms with Crippen molar-refractivity contribution in [2.45, 2.75) is 23.1 Å². The van der Waals surface area contributed by atoms with Crippen LogP contribution >= 0.6 is 46.3 Å². The molecule has 0 aliphatic carbocycles. The van der Waals surface area contributed by atoms with E-state index < -0.39 is 23.5 Å². The van der Waals surface area contributed by atoms with Crippen LogP contribution in [0.25, 0.3) is 11.0 Å². The predicted octanol–water partition coefficient (Wildman–Crippen LogP) is 8.07. The Kier molecular flexibility index (Phi) is 8.55. The van der Waals surface area contributed by atoms with Crippen LogP contribution in [0.2, 0.25) is 10.0 Å². The van der Waals surface area contributed by atoms with Crippen molar-refractivity contribution in [3.8, 4) is 11.5 Å². The van der Waals surface area contributed by atoms with Gasteiger partial charge in [-0.05, 0) is 54.4 Å². The Morgan fingerprint density at radius 1 is 1.11 bits per heavy atom. The molecule has 13 heteroatoms. The average molecular weight is 669 g/mol. The maximum absolute atomic E-state index is 14.0. The molecule has 1 unspecified atom stereocenters. The number of ether oxygens (including phenoxy) is 2. The third-order valence-electron chi connectivity index (χ3n) is 6.88. The fourth-order valence-corrected chi connectivity index (χ4v) is 7.27. The van der Waals surface area contributed by atoms with Gasteiger partial charge in [0.1, 0.15) is 5.75 Å². The number of ketones is 1. The number of carbonyl (C=O) groups is 2. The van der Waals surface area contributed by atoms with Gasteiger partial charge >= 0.3 is 0 Å². The smallest absolute Gasteiger partial charge is 0.296 e. The standard InChI is InChI=1S/C31H23Cl2N3O6S2/c1-3-41-20-11-8-16(9-12-20)25-24(26(37)23-13-17-5-4-6-22(40-2)28(17)42-23)27(38)29(39)36(25)30-34-35-31(44-30)43-15-18-7-10-19(32)14-21(18)33/h4-14,25,38H,3,15H2,1-2H3. The topological polar surface area (TPSA) is 115 Å². The molecule has 1 amide bonds. The highest BCUT2D eigenvalue weighted by molar-refractivity contribution is 8.00. The molecule has 3 heterocycles. The number of Topliss-reactive ketones (excluding diaryl/α,β-unsaturated/α-hetero) is 1. The molecule has 1 atom stereocenters. The lowest BCUT2D eigenvalue weighted by atomic mass is 9.95. The molecule has 224 valence electrons. The number of carbonyl (C=O) groups excluding carboxylic acids is 2. The number of furan rings is 1. The van der Waals surface area contributed by atoms with Gasteiger partial charge in [0.25, 0.3) is 5.91 Å². The zero-order valence-corrected chi connectivity index (χ0v) is 26.4. The maximum atomic E-state index is 14.0. The lowest BCUT2D eigenvalue weighted by Gasteiger charge is -2.24. The molecule has 5 aromatic rings. The van der Waals surface area contributed by atoms with Gasteiger partial charge < -0.3 is 19.0 Å². The average Bonchev–Trinajstić information content (AvgIpc) is 3.73. The van der Waals surface area contributed by atoms with Gasteiger partial charge in [-0.3, -0.25) is 14.5 Å². The van der Waals surface area contributed by atoms with Crippen molar-refractivity contribution >= 4 is 74.1 Å². The Bertz CT molecular complexity index is 1920. The molecule has 0 saturated carbocycles. The molecule has 0 radical (unpaired) electrons. The molecule has 0 fully saturated rings. The van der Waals surface area contributed by atoms with E-state index in [2.05, 4.69) is 10.2 Å². The maximum Gasteiger partial charge on any atom is 0.296 e. The minimum absolute atomic E-state index is 0.0509. The highest BCUT2D eigenvalue weighted by Crippen LogP contribution is 2.45. The number of nitrogens with zero attached hydrogens (tertiary/aromatic N) is 3. The van der Waals surface area contributed by atoms with E-state index in [1.54, 1.807) is 60.7 Å². The van der Waals surface area contributed by atoms with E-state index in [0.29, 0.717) is 54.8 Å². The summed E-state index contributed by atoms with van der Waals surface area (Å²) in [7, 11) is 1.50. The zero-order chi connectivity index (χ0) is 31.0. The van der Waals surface area contributed by atoms with Crippen LogP contribution in [0.4, 0.5) is 5.13 Å². The number of rotatable bonds is 10. The van der Waals surface area contributed by atoms with Crippen LogP contribution in [0.15, 0.2) is 86.8 Å². The second-order valence-electron chi connectivity index (χ2n) is 9.54. The van der Waals surface area contributed by atoms with Gasteiger partial charge in [0.05, 0.1) is 25.3 Å². The van der Waals surface area contributed by atoms with Crippen molar-refractivity contribution < 1.29 is 28.6 Å². The predicted molar refractivity (Wildman–Crippen MR) is 171 cm³/mol. The summed E-state index contributed by atoms with van der Waals surface area (Å²) in [6, 6.07) is 18.0. The molecular weight excluding hydrogens is 645 g/mol. The van der Waals surface area contributed by atoms with Crippen LogP contribution in [-0.4, -0.2) is 40.7 Å². The minimum atomic E-state index is -1.02. The number of hydrogen-bond donors (Lipinski definition) is 1. The van der Waals surface area contributed by atoms with E-state index in [0.717, 1.165) is 16.9 Å². The van der Waals surface area contributed by atoms with E-state index in [4.69, 9.17) is 37.1 Å². The van der Waals surface area contributed by atoms with Gasteiger partial charge in [-0.15, -0.1) is 10.2 Å². The second kappa shape index (κ2) is 12.5. The normalized spacial score (nSPS) is 15.0. The molecule has 2 aromatic heterocycles. The number of aliphatic hydroxyl groups is 1. The summed E-state index contributed by atoms with van der Waals surface area (Å²) in [4.78, 5) is 28.9. The van der Waals surface area contributed by atoms with Crippen molar-refractivity contribution in [1.29, 1.82) is 0 Å². The van der Waals surface area contributed by atoms with Crippen molar-refractivity contribution in [2.75, 3.05) is 18.6 Å². The summed E-state index contributed by atoms with van der Waals surface area (Å²) in [5.74, 6) is -0.618. The Morgan fingerprint density at radius 3 is 2.64 bits per heavy atom. The number of methoxy groups -OCH3 is 1. The molecule has 44 heavy (non-hydrogen) atoms. The molecule has 0 bridgehead atoms. The van der Waals surface area contributed by atoms with Crippen molar-refractivity contribution in [3.63, 3.8) is 0 Å². The quantitative estimate of drug-likeness (QED) is 0.0896. The minimum Gasteiger partial charge on any atom is -0.503 e. The molecule has 6 rings (SSSR count). The van der Waals surface area contributed by atoms with E-state index in [9.17, 15) is 14.7 Å². The lowest BCUT2D eigenvalue weighted by molar-refractivity contribution is -0.117. The van der Waals surface area contributed by atoms with Crippen molar-refractivity contribution in [2.24, 2.45) is 0 Å². The molecular formula is C31H23Cl2N3O6S2. The third-order valence-corrected chi connectivity index (χ3v) is 9.57. The fourth-order valence-electron chi connectivity index (χ4n) is 4.84.